The molecule has 0 saturated heterocycles. The van der Waals surface area contributed by atoms with Gasteiger partial charge in [0, 0.05) is 27.9 Å². The molecule has 0 aliphatic carbocycles. The molecule has 5 aromatic rings. The van der Waals surface area contributed by atoms with Gasteiger partial charge in [0.15, 0.2) is 5.13 Å². The minimum Gasteiger partial charge on any atom is -0.332 e. The lowest BCUT2D eigenvalue weighted by Gasteiger charge is -2.09. The van der Waals surface area contributed by atoms with Gasteiger partial charge in [-0.15, -0.1) is 21.5 Å². The van der Waals surface area contributed by atoms with Gasteiger partial charge in [0.1, 0.15) is 11.4 Å². The van der Waals surface area contributed by atoms with E-state index in [-0.39, 0.29) is 0 Å². The Bertz CT molecular complexity index is 1290. The van der Waals surface area contributed by atoms with Gasteiger partial charge >= 0.3 is 0 Å². The number of nitrogens with zero attached hydrogens (tertiary/aromatic N) is 4. The van der Waals surface area contributed by atoms with Crippen LogP contribution in [0.15, 0.2) is 102 Å². The third kappa shape index (κ3) is 4.85. The van der Waals surface area contributed by atoms with Gasteiger partial charge in [0.05, 0.1) is 5.69 Å². The molecule has 7 heteroatoms. The lowest BCUT2D eigenvalue weighted by molar-refractivity contribution is 0.849. The van der Waals surface area contributed by atoms with Crippen molar-refractivity contribution < 1.29 is 0 Å². The highest BCUT2D eigenvalue weighted by Gasteiger charge is 2.14. The molecular weight excluding hydrogens is 434 g/mol. The highest BCUT2D eigenvalue weighted by molar-refractivity contribution is 7.98. The molecule has 0 atom stereocenters. The minimum atomic E-state index is 0.633. The number of thiazole rings is 1. The molecule has 2 heterocycles. The number of aromatic nitrogens is 4. The van der Waals surface area contributed by atoms with Crippen LogP contribution in [-0.4, -0.2) is 20.2 Å². The van der Waals surface area contributed by atoms with E-state index in [0.717, 1.165) is 39.0 Å². The van der Waals surface area contributed by atoms with Crippen LogP contribution in [0, 0.1) is 0 Å². The molecule has 0 unspecified atom stereocenters. The smallest absolute Gasteiger partial charge is 0.210 e. The van der Waals surface area contributed by atoms with Gasteiger partial charge in [-0.25, -0.2) is 9.97 Å². The van der Waals surface area contributed by atoms with Crippen LogP contribution in [0.2, 0.25) is 0 Å². The van der Waals surface area contributed by atoms with Crippen molar-refractivity contribution in [3.8, 4) is 22.5 Å². The SMILES string of the molecule is c1ccc(Nc2nc(CSc3nnc(-c4ccccc4)c(-c4ccccc4)n3)cs2)cc1. The standard InChI is InChI=1S/C25H19N5S2/c1-4-10-18(11-5-1)22-23(19-12-6-2-7-13-19)29-30-25(28-22)32-17-21-16-31-24(27-21)26-20-14-8-3-9-15-20/h1-16H,17H2,(H,26,27). The molecule has 5 rings (SSSR count). The van der Waals surface area contributed by atoms with Crippen LogP contribution in [0.4, 0.5) is 10.8 Å². The van der Waals surface area contributed by atoms with Crippen molar-refractivity contribution in [2.75, 3.05) is 5.32 Å². The van der Waals surface area contributed by atoms with Crippen LogP contribution in [0.3, 0.4) is 0 Å². The third-order valence-electron chi connectivity index (χ3n) is 4.69. The van der Waals surface area contributed by atoms with Crippen LogP contribution in [0.25, 0.3) is 22.5 Å². The average Bonchev–Trinajstić information content (AvgIpc) is 3.31. The number of nitrogens with one attached hydrogen (secondary N) is 1. The van der Waals surface area contributed by atoms with Gasteiger partial charge in [-0.3, -0.25) is 0 Å². The zero-order valence-electron chi connectivity index (χ0n) is 17.1. The van der Waals surface area contributed by atoms with Crippen LogP contribution < -0.4 is 5.32 Å². The van der Waals surface area contributed by atoms with E-state index < -0.39 is 0 Å². The zero-order valence-corrected chi connectivity index (χ0v) is 18.7. The predicted molar refractivity (Wildman–Crippen MR) is 132 cm³/mol. The van der Waals surface area contributed by atoms with Crippen molar-refractivity contribution in [3.63, 3.8) is 0 Å². The molecule has 1 N–H and O–H groups in total. The van der Waals surface area contributed by atoms with Gasteiger partial charge in [-0.05, 0) is 12.1 Å². The normalized spacial score (nSPS) is 10.8. The first-order chi connectivity index (χ1) is 15.8. The van der Waals surface area contributed by atoms with Crippen LogP contribution in [0.1, 0.15) is 5.69 Å². The maximum absolute atomic E-state index is 4.86. The number of rotatable bonds is 7. The van der Waals surface area contributed by atoms with Gasteiger partial charge in [0.2, 0.25) is 5.16 Å². The molecule has 0 saturated carbocycles. The van der Waals surface area contributed by atoms with Gasteiger partial charge in [0.25, 0.3) is 0 Å². The van der Waals surface area contributed by atoms with E-state index in [9.17, 15) is 0 Å². The lowest BCUT2D eigenvalue weighted by atomic mass is 10.0. The molecule has 5 nitrogen and oxygen atoms in total. The molecule has 0 spiro atoms. The minimum absolute atomic E-state index is 0.633. The highest BCUT2D eigenvalue weighted by atomic mass is 32.2. The summed E-state index contributed by atoms with van der Waals surface area (Å²) in [6, 6.07) is 30.2. The molecule has 0 bridgehead atoms. The van der Waals surface area contributed by atoms with Crippen molar-refractivity contribution in [2.24, 2.45) is 0 Å². The predicted octanol–water partition coefficient (Wildman–Crippen LogP) is 6.70. The van der Waals surface area contributed by atoms with E-state index in [0.29, 0.717) is 10.9 Å². The molecule has 0 fully saturated rings. The Balaban J connectivity index is 1.36. The van der Waals surface area contributed by atoms with E-state index >= 15 is 0 Å². The molecule has 0 amide bonds. The topological polar surface area (TPSA) is 63.6 Å². The summed E-state index contributed by atoms with van der Waals surface area (Å²) in [7, 11) is 0. The van der Waals surface area contributed by atoms with Crippen molar-refractivity contribution in [2.45, 2.75) is 10.9 Å². The Morgan fingerprint density at radius 2 is 1.31 bits per heavy atom. The van der Waals surface area contributed by atoms with Crippen LogP contribution >= 0.6 is 23.1 Å². The summed E-state index contributed by atoms with van der Waals surface area (Å²) in [6.45, 7) is 0. The Morgan fingerprint density at radius 1 is 0.688 bits per heavy atom. The molecule has 0 radical (unpaired) electrons. The number of anilines is 2. The first-order valence-corrected chi connectivity index (χ1v) is 12.0. The quantitative estimate of drug-likeness (QED) is 0.277. The van der Waals surface area contributed by atoms with Crippen LogP contribution in [-0.2, 0) is 5.75 Å². The fourth-order valence-electron chi connectivity index (χ4n) is 3.17. The molecular formula is C25H19N5S2. The number of para-hydroxylation sites is 1. The van der Waals surface area contributed by atoms with E-state index in [4.69, 9.17) is 4.98 Å². The second-order valence-electron chi connectivity index (χ2n) is 6.95. The number of hydrogen-bond donors (Lipinski definition) is 1. The van der Waals surface area contributed by atoms with Crippen LogP contribution in [0.5, 0.6) is 0 Å². The molecule has 0 aliphatic rings. The Hall–Kier alpha value is -3.55. The summed E-state index contributed by atoms with van der Waals surface area (Å²) in [5.74, 6) is 0.674. The van der Waals surface area contributed by atoms with E-state index in [2.05, 4.69) is 25.9 Å². The van der Waals surface area contributed by atoms with Crippen molar-refractivity contribution in [3.05, 3.63) is 102 Å². The Labute approximate surface area is 194 Å². The molecule has 2 aromatic heterocycles. The third-order valence-corrected chi connectivity index (χ3v) is 6.37. The maximum atomic E-state index is 4.86. The summed E-state index contributed by atoms with van der Waals surface area (Å²) in [5.41, 5.74) is 5.64. The summed E-state index contributed by atoms with van der Waals surface area (Å²) in [5, 5.41) is 15.8. The summed E-state index contributed by atoms with van der Waals surface area (Å²) >= 11 is 3.12. The monoisotopic (exact) mass is 453 g/mol. The van der Waals surface area contributed by atoms with E-state index in [1.54, 1.807) is 11.3 Å². The fourth-order valence-corrected chi connectivity index (χ4v) is 4.69. The largest absolute Gasteiger partial charge is 0.332 e. The van der Waals surface area contributed by atoms with E-state index in [1.807, 2.05) is 91.0 Å². The van der Waals surface area contributed by atoms with Crippen molar-refractivity contribution >= 4 is 33.9 Å². The molecule has 32 heavy (non-hydrogen) atoms. The van der Waals surface area contributed by atoms with Crippen molar-refractivity contribution in [1.82, 2.24) is 20.2 Å². The van der Waals surface area contributed by atoms with Gasteiger partial charge < -0.3 is 5.32 Å². The molecule has 156 valence electrons. The number of benzene rings is 3. The Kier molecular flexibility index (Phi) is 6.18. The van der Waals surface area contributed by atoms with Crippen molar-refractivity contribution in [1.29, 1.82) is 0 Å². The number of thioether (sulfide) groups is 1. The lowest BCUT2D eigenvalue weighted by Crippen LogP contribution is -1.99. The average molecular weight is 454 g/mol. The van der Waals surface area contributed by atoms with Gasteiger partial charge in [-0.1, -0.05) is 90.6 Å². The Morgan fingerprint density at radius 3 is 2.00 bits per heavy atom. The first-order valence-electron chi connectivity index (χ1n) is 10.1. The molecule has 3 aromatic carbocycles. The highest BCUT2D eigenvalue weighted by Crippen LogP contribution is 2.31. The van der Waals surface area contributed by atoms with Gasteiger partial charge in [-0.2, -0.15) is 0 Å². The second kappa shape index (κ2) is 9.72. The maximum Gasteiger partial charge on any atom is 0.210 e. The summed E-state index contributed by atoms with van der Waals surface area (Å²) < 4.78 is 0. The zero-order chi connectivity index (χ0) is 21.6. The first kappa shape index (κ1) is 20.4. The molecule has 0 aliphatic heterocycles. The second-order valence-corrected chi connectivity index (χ2v) is 8.75. The number of hydrogen-bond acceptors (Lipinski definition) is 7. The fraction of sp³-hybridized carbons (Fsp3) is 0.0400. The summed E-state index contributed by atoms with van der Waals surface area (Å²) in [4.78, 5) is 9.54. The summed E-state index contributed by atoms with van der Waals surface area (Å²) in [6.07, 6.45) is 0. The van der Waals surface area contributed by atoms with E-state index in [1.165, 1.54) is 11.8 Å².